The highest BCUT2D eigenvalue weighted by molar-refractivity contribution is 5.52. The maximum atomic E-state index is 4.50. The molecule has 0 aromatic carbocycles. The average Bonchev–Trinajstić information content (AvgIpc) is 2.59. The molecule has 2 heterocycles. The second-order valence-electron chi connectivity index (χ2n) is 5.13. The molecule has 2 aromatic rings. The van der Waals surface area contributed by atoms with Crippen molar-refractivity contribution in [2.24, 2.45) is 0 Å². The molecule has 0 amide bonds. The monoisotopic (exact) mass is 216 g/mol. The van der Waals surface area contributed by atoms with Crippen LogP contribution in [0.5, 0.6) is 0 Å². The molecule has 0 saturated carbocycles. The third-order valence-electron chi connectivity index (χ3n) is 3.13. The molecule has 0 saturated heterocycles. The van der Waals surface area contributed by atoms with Crippen molar-refractivity contribution < 1.29 is 0 Å². The number of hydrogen-bond donors (Lipinski definition) is 0. The summed E-state index contributed by atoms with van der Waals surface area (Å²) in [4.78, 5) is 4.50. The maximum absolute atomic E-state index is 4.50. The number of nitrogens with zero attached hydrogens (tertiary/aromatic N) is 2. The number of fused-ring (bicyclic) bond motifs is 1. The standard InChI is InChI=1S/C14H20N2/c1-9(2)12-6-13(10(3)4)14-15-7-11(5)16(14)8-12/h6-10H,1-5H3. The zero-order chi connectivity index (χ0) is 11.9. The van der Waals surface area contributed by atoms with Crippen LogP contribution in [0.3, 0.4) is 0 Å². The molecule has 16 heavy (non-hydrogen) atoms. The van der Waals surface area contributed by atoms with Crippen molar-refractivity contribution in [3.8, 4) is 0 Å². The van der Waals surface area contributed by atoms with Crippen LogP contribution in [0.25, 0.3) is 5.65 Å². The lowest BCUT2D eigenvalue weighted by Gasteiger charge is -2.13. The van der Waals surface area contributed by atoms with E-state index in [0.29, 0.717) is 11.8 Å². The predicted octanol–water partition coefficient (Wildman–Crippen LogP) is 3.89. The molecule has 0 unspecified atom stereocenters. The van der Waals surface area contributed by atoms with Crippen LogP contribution in [0.2, 0.25) is 0 Å². The Balaban J connectivity index is 2.75. The molecule has 2 nitrogen and oxygen atoms in total. The van der Waals surface area contributed by atoms with Gasteiger partial charge in [0.25, 0.3) is 0 Å². The van der Waals surface area contributed by atoms with E-state index < -0.39 is 0 Å². The minimum absolute atomic E-state index is 0.517. The number of aryl methyl sites for hydroxylation is 1. The van der Waals surface area contributed by atoms with Crippen LogP contribution in [-0.4, -0.2) is 9.38 Å². The van der Waals surface area contributed by atoms with E-state index in [0.717, 1.165) is 5.65 Å². The topological polar surface area (TPSA) is 17.3 Å². The Morgan fingerprint density at radius 2 is 1.81 bits per heavy atom. The fourth-order valence-corrected chi connectivity index (χ4v) is 1.99. The molecule has 0 spiro atoms. The summed E-state index contributed by atoms with van der Waals surface area (Å²) in [5.41, 5.74) is 5.05. The average molecular weight is 216 g/mol. The van der Waals surface area contributed by atoms with Gasteiger partial charge >= 0.3 is 0 Å². The van der Waals surface area contributed by atoms with Gasteiger partial charge in [0.05, 0.1) is 0 Å². The van der Waals surface area contributed by atoms with Crippen LogP contribution in [-0.2, 0) is 0 Å². The van der Waals surface area contributed by atoms with Crippen LogP contribution in [0, 0.1) is 6.92 Å². The van der Waals surface area contributed by atoms with Crippen molar-refractivity contribution in [2.75, 3.05) is 0 Å². The van der Waals surface area contributed by atoms with Gasteiger partial charge in [-0.05, 0) is 29.9 Å². The normalized spacial score (nSPS) is 11.9. The molecule has 2 aromatic heterocycles. The largest absolute Gasteiger partial charge is 0.304 e. The van der Waals surface area contributed by atoms with Crippen LogP contribution in [0.1, 0.15) is 56.4 Å². The summed E-state index contributed by atoms with van der Waals surface area (Å²) in [5, 5.41) is 0. The maximum Gasteiger partial charge on any atom is 0.140 e. The minimum atomic E-state index is 0.517. The Morgan fingerprint density at radius 3 is 2.38 bits per heavy atom. The molecule has 2 heteroatoms. The first kappa shape index (κ1) is 11.2. The van der Waals surface area contributed by atoms with Crippen LogP contribution < -0.4 is 0 Å². The third kappa shape index (κ3) is 1.73. The van der Waals surface area contributed by atoms with Gasteiger partial charge in [0, 0.05) is 18.1 Å². The first-order valence-corrected chi connectivity index (χ1v) is 5.98. The quantitative estimate of drug-likeness (QED) is 0.744. The van der Waals surface area contributed by atoms with E-state index in [4.69, 9.17) is 0 Å². The lowest BCUT2D eigenvalue weighted by Crippen LogP contribution is -2.00. The van der Waals surface area contributed by atoms with Gasteiger partial charge < -0.3 is 4.40 Å². The fourth-order valence-electron chi connectivity index (χ4n) is 1.99. The van der Waals surface area contributed by atoms with E-state index in [9.17, 15) is 0 Å². The highest BCUT2D eigenvalue weighted by Gasteiger charge is 2.12. The van der Waals surface area contributed by atoms with E-state index in [1.807, 2.05) is 6.20 Å². The predicted molar refractivity (Wildman–Crippen MR) is 68.1 cm³/mol. The number of pyridine rings is 1. The van der Waals surface area contributed by atoms with E-state index in [2.05, 4.69) is 56.3 Å². The van der Waals surface area contributed by atoms with Crippen LogP contribution in [0.4, 0.5) is 0 Å². The van der Waals surface area contributed by atoms with Crippen LogP contribution >= 0.6 is 0 Å². The molecule has 0 aliphatic carbocycles. The summed E-state index contributed by atoms with van der Waals surface area (Å²) in [5.74, 6) is 1.08. The van der Waals surface area contributed by atoms with E-state index in [1.54, 1.807) is 0 Å². The zero-order valence-electron chi connectivity index (χ0n) is 10.8. The van der Waals surface area contributed by atoms with Crippen molar-refractivity contribution in [3.63, 3.8) is 0 Å². The SMILES string of the molecule is Cc1cnc2c(C(C)C)cc(C(C)C)cn12. The molecule has 0 aliphatic rings. The summed E-state index contributed by atoms with van der Waals surface area (Å²) in [7, 11) is 0. The Hall–Kier alpha value is -1.31. The molecule has 86 valence electrons. The first-order chi connectivity index (χ1) is 7.50. The van der Waals surface area contributed by atoms with Gasteiger partial charge in [-0.25, -0.2) is 4.98 Å². The highest BCUT2D eigenvalue weighted by atomic mass is 15.0. The first-order valence-electron chi connectivity index (χ1n) is 5.98. The van der Waals surface area contributed by atoms with Crippen molar-refractivity contribution >= 4 is 5.65 Å². The summed E-state index contributed by atoms with van der Waals surface area (Å²) in [6, 6.07) is 2.30. The van der Waals surface area contributed by atoms with Gasteiger partial charge in [0.15, 0.2) is 0 Å². The Kier molecular flexibility index (Phi) is 2.75. The molecule has 0 N–H and O–H groups in total. The van der Waals surface area contributed by atoms with Crippen molar-refractivity contribution in [3.05, 3.63) is 35.3 Å². The lowest BCUT2D eigenvalue weighted by molar-refractivity contribution is 0.818. The van der Waals surface area contributed by atoms with E-state index >= 15 is 0 Å². The molecule has 0 bridgehead atoms. The number of imidazole rings is 1. The van der Waals surface area contributed by atoms with Gasteiger partial charge in [-0.3, -0.25) is 0 Å². The smallest absolute Gasteiger partial charge is 0.140 e. The Bertz CT molecular complexity index is 507. The molecule has 0 fully saturated rings. The Morgan fingerprint density at radius 1 is 1.12 bits per heavy atom. The van der Waals surface area contributed by atoms with E-state index in [-0.39, 0.29) is 0 Å². The summed E-state index contributed by atoms with van der Waals surface area (Å²) in [6.45, 7) is 11.0. The second-order valence-corrected chi connectivity index (χ2v) is 5.13. The fraction of sp³-hybridized carbons (Fsp3) is 0.500. The van der Waals surface area contributed by atoms with Gasteiger partial charge in [-0.1, -0.05) is 33.8 Å². The summed E-state index contributed by atoms with van der Waals surface area (Å²) >= 11 is 0. The number of aromatic nitrogens is 2. The molecular formula is C14H20N2. The van der Waals surface area contributed by atoms with Gasteiger partial charge in [0.2, 0.25) is 0 Å². The minimum Gasteiger partial charge on any atom is -0.304 e. The van der Waals surface area contributed by atoms with Crippen molar-refractivity contribution in [1.82, 2.24) is 9.38 Å². The van der Waals surface area contributed by atoms with E-state index in [1.165, 1.54) is 16.8 Å². The van der Waals surface area contributed by atoms with Gasteiger partial charge in [-0.15, -0.1) is 0 Å². The Labute approximate surface area is 97.3 Å². The zero-order valence-corrected chi connectivity index (χ0v) is 10.8. The molecule has 0 atom stereocenters. The second kappa shape index (κ2) is 3.93. The summed E-state index contributed by atoms with van der Waals surface area (Å²) < 4.78 is 2.21. The number of hydrogen-bond acceptors (Lipinski definition) is 1. The highest BCUT2D eigenvalue weighted by Crippen LogP contribution is 2.25. The third-order valence-corrected chi connectivity index (χ3v) is 3.13. The van der Waals surface area contributed by atoms with Crippen molar-refractivity contribution in [2.45, 2.75) is 46.5 Å². The molecule has 2 rings (SSSR count). The van der Waals surface area contributed by atoms with Crippen LogP contribution in [0.15, 0.2) is 18.5 Å². The van der Waals surface area contributed by atoms with Crippen molar-refractivity contribution in [1.29, 1.82) is 0 Å². The van der Waals surface area contributed by atoms with Gasteiger partial charge in [-0.2, -0.15) is 0 Å². The molecule has 0 radical (unpaired) electrons. The summed E-state index contributed by atoms with van der Waals surface area (Å²) in [6.07, 6.45) is 4.17. The molecular weight excluding hydrogens is 196 g/mol. The lowest BCUT2D eigenvalue weighted by atomic mass is 9.98. The molecule has 0 aliphatic heterocycles. The number of rotatable bonds is 2. The van der Waals surface area contributed by atoms with Gasteiger partial charge in [0.1, 0.15) is 5.65 Å².